The summed E-state index contributed by atoms with van der Waals surface area (Å²) < 4.78 is 0. The van der Waals surface area contributed by atoms with Crippen LogP contribution >= 0.6 is 0 Å². The molecule has 0 amide bonds. The van der Waals surface area contributed by atoms with Gasteiger partial charge in [0.2, 0.25) is 0 Å². The predicted octanol–water partition coefficient (Wildman–Crippen LogP) is 5.59. The van der Waals surface area contributed by atoms with Crippen LogP contribution in [0.1, 0.15) is 44.7 Å². The highest BCUT2D eigenvalue weighted by atomic mass is 16.3. The second-order valence-corrected chi connectivity index (χ2v) is 8.33. The fourth-order valence-corrected chi connectivity index (χ4v) is 3.49. The molecule has 2 aromatic carbocycles. The van der Waals surface area contributed by atoms with Gasteiger partial charge in [-0.25, -0.2) is 0 Å². The number of carbonyl (C=O) groups excluding carboxylic acids is 1. The van der Waals surface area contributed by atoms with Crippen molar-refractivity contribution in [3.05, 3.63) is 70.8 Å². The first kappa shape index (κ1) is 19.0. The summed E-state index contributed by atoms with van der Waals surface area (Å²) in [4.78, 5) is 13.1. The third kappa shape index (κ3) is 4.68. The van der Waals surface area contributed by atoms with Crippen LogP contribution in [0.25, 0.3) is 12.2 Å². The van der Waals surface area contributed by atoms with Crippen LogP contribution in [-0.2, 0) is 4.79 Å². The summed E-state index contributed by atoms with van der Waals surface area (Å²) in [5, 5.41) is 19.4. The van der Waals surface area contributed by atoms with Crippen LogP contribution in [0.5, 0.6) is 11.5 Å². The van der Waals surface area contributed by atoms with Crippen molar-refractivity contribution in [2.45, 2.75) is 33.6 Å². The van der Waals surface area contributed by atoms with E-state index in [4.69, 9.17) is 0 Å². The maximum absolute atomic E-state index is 13.1. The second kappa shape index (κ2) is 7.43. The van der Waals surface area contributed by atoms with Gasteiger partial charge < -0.3 is 10.2 Å². The van der Waals surface area contributed by atoms with Gasteiger partial charge in [0.05, 0.1) is 0 Å². The van der Waals surface area contributed by atoms with E-state index >= 15 is 0 Å². The first-order valence-electron chi connectivity index (χ1n) is 9.26. The van der Waals surface area contributed by atoms with Crippen LogP contribution in [0.2, 0.25) is 0 Å². The van der Waals surface area contributed by atoms with E-state index in [9.17, 15) is 15.0 Å². The first-order valence-corrected chi connectivity index (χ1v) is 9.26. The lowest BCUT2D eigenvalue weighted by Crippen LogP contribution is -2.29. The van der Waals surface area contributed by atoms with Crippen molar-refractivity contribution in [2.24, 2.45) is 11.3 Å². The van der Waals surface area contributed by atoms with E-state index in [0.717, 1.165) is 35.1 Å². The molecule has 0 aromatic heterocycles. The van der Waals surface area contributed by atoms with E-state index in [-0.39, 0.29) is 22.7 Å². The number of aromatic hydroxyl groups is 2. The highest BCUT2D eigenvalue weighted by Crippen LogP contribution is 2.42. The van der Waals surface area contributed by atoms with Gasteiger partial charge in [0.1, 0.15) is 11.5 Å². The van der Waals surface area contributed by atoms with E-state index in [2.05, 4.69) is 20.8 Å². The lowest BCUT2D eigenvalue weighted by Gasteiger charge is -2.35. The van der Waals surface area contributed by atoms with Gasteiger partial charge in [-0.15, -0.1) is 0 Å². The maximum atomic E-state index is 13.1. The smallest absolute Gasteiger partial charge is 0.185 e. The molecule has 1 unspecified atom stereocenters. The van der Waals surface area contributed by atoms with Crippen molar-refractivity contribution < 1.29 is 15.0 Å². The van der Waals surface area contributed by atoms with Crippen molar-refractivity contribution in [2.75, 3.05) is 0 Å². The van der Waals surface area contributed by atoms with Crippen LogP contribution in [0.4, 0.5) is 0 Å². The predicted molar refractivity (Wildman–Crippen MR) is 109 cm³/mol. The van der Waals surface area contributed by atoms with E-state index in [1.807, 2.05) is 24.3 Å². The molecule has 0 spiro atoms. The molecule has 0 radical (unpaired) electrons. The average Bonchev–Trinajstić information content (AvgIpc) is 2.57. The van der Waals surface area contributed by atoms with Crippen LogP contribution in [-0.4, -0.2) is 16.0 Å². The van der Waals surface area contributed by atoms with Crippen molar-refractivity contribution in [3.8, 4) is 11.5 Å². The van der Waals surface area contributed by atoms with Gasteiger partial charge in [0.25, 0.3) is 0 Å². The number of phenols is 2. The minimum absolute atomic E-state index is 0.0437. The zero-order chi connectivity index (χ0) is 19.6. The van der Waals surface area contributed by atoms with E-state index in [1.165, 1.54) is 0 Å². The summed E-state index contributed by atoms with van der Waals surface area (Å²) in [7, 11) is 0. The molecular formula is C24H26O3. The fraction of sp³-hybridized carbons (Fsp3) is 0.292. The average molecular weight is 362 g/mol. The Kier molecular flexibility index (Phi) is 5.22. The largest absolute Gasteiger partial charge is 0.508 e. The number of allylic oxidation sites excluding steroid dienone is 2. The molecule has 3 heteroatoms. The van der Waals surface area contributed by atoms with Crippen LogP contribution in [0.3, 0.4) is 0 Å². The quantitative estimate of drug-likeness (QED) is 0.685. The lowest BCUT2D eigenvalue weighted by atomic mass is 9.68. The number of phenolic OH excluding ortho intramolecular Hbond substituents is 2. The van der Waals surface area contributed by atoms with Gasteiger partial charge in [0.15, 0.2) is 5.78 Å². The Labute approximate surface area is 160 Å². The molecule has 1 aliphatic carbocycles. The topological polar surface area (TPSA) is 57.5 Å². The third-order valence-corrected chi connectivity index (χ3v) is 5.16. The SMILES string of the molecule is CC(C)(C)C1C/C(=C/c2cccc(O)c2)C(=O)/C(=C/c2cccc(O)c2)C1. The minimum Gasteiger partial charge on any atom is -0.508 e. The molecule has 3 nitrogen and oxygen atoms in total. The molecule has 0 bridgehead atoms. The first-order chi connectivity index (χ1) is 12.7. The number of benzene rings is 2. The Hall–Kier alpha value is -2.81. The molecular weight excluding hydrogens is 336 g/mol. The van der Waals surface area contributed by atoms with E-state index < -0.39 is 0 Å². The van der Waals surface area contributed by atoms with Gasteiger partial charge in [-0.3, -0.25) is 4.79 Å². The Morgan fingerprint density at radius 2 is 1.30 bits per heavy atom. The zero-order valence-electron chi connectivity index (χ0n) is 16.1. The fourth-order valence-electron chi connectivity index (χ4n) is 3.49. The molecule has 2 aromatic rings. The normalized spacial score (nSPS) is 21.0. The molecule has 0 aliphatic heterocycles. The lowest BCUT2D eigenvalue weighted by molar-refractivity contribution is -0.113. The number of hydrogen-bond acceptors (Lipinski definition) is 3. The van der Waals surface area contributed by atoms with Crippen molar-refractivity contribution >= 4 is 17.9 Å². The number of Topliss-reactive ketones (excluding diaryl/α,β-unsaturated/α-hetero) is 1. The summed E-state index contributed by atoms with van der Waals surface area (Å²) in [6.07, 6.45) is 5.21. The second-order valence-electron chi connectivity index (χ2n) is 8.33. The van der Waals surface area contributed by atoms with Crippen molar-refractivity contribution in [1.29, 1.82) is 0 Å². The summed E-state index contributed by atoms with van der Waals surface area (Å²) >= 11 is 0. The van der Waals surface area contributed by atoms with Gasteiger partial charge in [-0.2, -0.15) is 0 Å². The maximum Gasteiger partial charge on any atom is 0.185 e. The number of rotatable bonds is 2. The monoisotopic (exact) mass is 362 g/mol. The Morgan fingerprint density at radius 3 is 1.67 bits per heavy atom. The number of carbonyl (C=O) groups is 1. The van der Waals surface area contributed by atoms with Crippen LogP contribution in [0, 0.1) is 11.3 Å². The summed E-state index contributed by atoms with van der Waals surface area (Å²) in [6.45, 7) is 6.60. The molecule has 140 valence electrons. The summed E-state index contributed by atoms with van der Waals surface area (Å²) in [6, 6.07) is 13.9. The Bertz CT molecular complexity index is 846. The zero-order valence-corrected chi connectivity index (χ0v) is 16.1. The highest BCUT2D eigenvalue weighted by molar-refractivity contribution is 6.14. The highest BCUT2D eigenvalue weighted by Gasteiger charge is 2.34. The Morgan fingerprint density at radius 1 is 0.852 bits per heavy atom. The van der Waals surface area contributed by atoms with Gasteiger partial charge in [-0.1, -0.05) is 45.0 Å². The van der Waals surface area contributed by atoms with Crippen molar-refractivity contribution in [1.82, 2.24) is 0 Å². The molecule has 1 fully saturated rings. The molecule has 0 heterocycles. The van der Waals surface area contributed by atoms with Gasteiger partial charge in [0, 0.05) is 11.1 Å². The molecule has 1 saturated carbocycles. The molecule has 3 rings (SSSR count). The van der Waals surface area contributed by atoms with Crippen LogP contribution < -0.4 is 0 Å². The van der Waals surface area contributed by atoms with Crippen LogP contribution in [0.15, 0.2) is 59.7 Å². The number of hydrogen-bond donors (Lipinski definition) is 2. The number of ketones is 1. The van der Waals surface area contributed by atoms with Gasteiger partial charge in [-0.05, 0) is 71.7 Å². The van der Waals surface area contributed by atoms with E-state index in [0.29, 0.717) is 5.92 Å². The molecule has 1 aliphatic rings. The molecule has 2 N–H and O–H groups in total. The third-order valence-electron chi connectivity index (χ3n) is 5.16. The van der Waals surface area contributed by atoms with E-state index in [1.54, 1.807) is 36.4 Å². The molecule has 27 heavy (non-hydrogen) atoms. The van der Waals surface area contributed by atoms with Crippen molar-refractivity contribution in [3.63, 3.8) is 0 Å². The minimum atomic E-state index is 0.0437. The molecule has 0 saturated heterocycles. The summed E-state index contributed by atoms with van der Waals surface area (Å²) in [5.41, 5.74) is 3.24. The Balaban J connectivity index is 2.02. The summed E-state index contributed by atoms with van der Waals surface area (Å²) in [5.74, 6) is 0.760. The van der Waals surface area contributed by atoms with Gasteiger partial charge >= 0.3 is 0 Å². The standard InChI is InChI=1S/C24H26O3/c1-24(2,3)20-14-18(10-16-6-4-8-21(25)12-16)23(27)19(15-20)11-17-7-5-9-22(26)13-17/h4-13,20,25-26H,14-15H2,1-3H3/b18-10-,19-11+. The molecule has 1 atom stereocenters.